The first kappa shape index (κ1) is 26.1. The predicted octanol–water partition coefficient (Wildman–Crippen LogP) is 1.12. The fraction of sp³-hybridized carbons (Fsp3) is 0.900. The second-order valence-corrected chi connectivity index (χ2v) is 7.29. The van der Waals surface area contributed by atoms with E-state index in [-0.39, 0.29) is 6.42 Å². The Morgan fingerprint density at radius 3 is 1.74 bits per heavy atom. The van der Waals surface area contributed by atoms with Crippen molar-refractivity contribution in [3.05, 3.63) is 0 Å². The standard InChI is InChI=1S/C20H38O7/c1-2-3-4-5-6-7-8-9-10-11-12-15(13-21)17(24)19(26)20(27)18(25)16(23)14-22/h13,15-16,18-20,22-23,25-27H,2-12,14H2,1H3/t15?,16-,18-,19+,20+/m1/s1. The third kappa shape index (κ3) is 10.9. The highest BCUT2D eigenvalue weighted by Gasteiger charge is 2.36. The van der Waals surface area contributed by atoms with Crippen LogP contribution >= 0.6 is 0 Å². The molecule has 27 heavy (non-hydrogen) atoms. The molecule has 0 aromatic rings. The van der Waals surface area contributed by atoms with E-state index in [9.17, 15) is 30.0 Å². The van der Waals surface area contributed by atoms with Gasteiger partial charge in [0, 0.05) is 0 Å². The molecule has 0 fully saturated rings. The predicted molar refractivity (Wildman–Crippen MR) is 102 cm³/mol. The Hall–Kier alpha value is -0.860. The molecule has 7 heteroatoms. The normalized spacial score (nSPS) is 17.1. The van der Waals surface area contributed by atoms with Crippen molar-refractivity contribution < 1.29 is 35.1 Å². The second kappa shape index (κ2) is 16.1. The van der Waals surface area contributed by atoms with Crippen LogP contribution in [0.25, 0.3) is 0 Å². The quantitative estimate of drug-likeness (QED) is 0.134. The molecule has 0 aromatic carbocycles. The number of ketones is 1. The zero-order valence-corrected chi connectivity index (χ0v) is 16.5. The Balaban J connectivity index is 4.07. The molecule has 1 unspecified atom stereocenters. The zero-order chi connectivity index (χ0) is 20.7. The van der Waals surface area contributed by atoms with Gasteiger partial charge >= 0.3 is 0 Å². The Labute approximate surface area is 162 Å². The van der Waals surface area contributed by atoms with Crippen molar-refractivity contribution in [2.45, 2.75) is 102 Å². The molecule has 0 aliphatic rings. The van der Waals surface area contributed by atoms with Crippen LogP contribution in [0.15, 0.2) is 0 Å². The molecular weight excluding hydrogens is 352 g/mol. The van der Waals surface area contributed by atoms with E-state index in [0.29, 0.717) is 12.7 Å². The molecule has 7 nitrogen and oxygen atoms in total. The summed E-state index contributed by atoms with van der Waals surface area (Å²) in [5.41, 5.74) is 0. The maximum Gasteiger partial charge on any atom is 0.174 e. The fourth-order valence-electron chi connectivity index (χ4n) is 3.04. The molecule has 0 bridgehead atoms. The fourth-order valence-corrected chi connectivity index (χ4v) is 3.04. The van der Waals surface area contributed by atoms with E-state index < -0.39 is 42.7 Å². The van der Waals surface area contributed by atoms with E-state index in [1.54, 1.807) is 0 Å². The van der Waals surface area contributed by atoms with Crippen LogP contribution in [0.5, 0.6) is 0 Å². The lowest BCUT2D eigenvalue weighted by atomic mass is 9.90. The average molecular weight is 391 g/mol. The summed E-state index contributed by atoms with van der Waals surface area (Å²) in [7, 11) is 0. The van der Waals surface area contributed by atoms with Crippen LogP contribution < -0.4 is 0 Å². The zero-order valence-electron chi connectivity index (χ0n) is 16.5. The van der Waals surface area contributed by atoms with Crippen molar-refractivity contribution >= 4 is 12.1 Å². The maximum absolute atomic E-state index is 12.1. The Morgan fingerprint density at radius 1 is 0.815 bits per heavy atom. The summed E-state index contributed by atoms with van der Waals surface area (Å²) in [5, 5.41) is 47.2. The van der Waals surface area contributed by atoms with Gasteiger partial charge in [0.25, 0.3) is 0 Å². The summed E-state index contributed by atoms with van der Waals surface area (Å²) < 4.78 is 0. The molecule has 0 heterocycles. The van der Waals surface area contributed by atoms with E-state index >= 15 is 0 Å². The lowest BCUT2D eigenvalue weighted by molar-refractivity contribution is -0.151. The molecule has 0 amide bonds. The SMILES string of the molecule is CCCCCCCCCCCCC(C=O)C(=O)[C@H](O)[C@@H](O)[C@H](O)[C@H](O)CO. The number of aldehydes is 1. The molecule has 0 aromatic heterocycles. The van der Waals surface area contributed by atoms with Crippen LogP contribution in [0.1, 0.15) is 77.6 Å². The summed E-state index contributed by atoms with van der Waals surface area (Å²) >= 11 is 0. The van der Waals surface area contributed by atoms with Gasteiger partial charge in [-0.05, 0) is 6.42 Å². The molecule has 5 atom stereocenters. The summed E-state index contributed by atoms with van der Waals surface area (Å²) in [6, 6.07) is 0. The van der Waals surface area contributed by atoms with Crippen LogP contribution in [0.3, 0.4) is 0 Å². The van der Waals surface area contributed by atoms with Gasteiger partial charge in [-0.15, -0.1) is 0 Å². The molecular formula is C20H38O7. The van der Waals surface area contributed by atoms with Crippen molar-refractivity contribution in [1.82, 2.24) is 0 Å². The number of unbranched alkanes of at least 4 members (excludes halogenated alkanes) is 9. The lowest BCUT2D eigenvalue weighted by Crippen LogP contribution is -2.50. The number of hydrogen-bond donors (Lipinski definition) is 5. The molecule has 0 aliphatic carbocycles. The summed E-state index contributed by atoms with van der Waals surface area (Å²) in [6.45, 7) is 1.37. The van der Waals surface area contributed by atoms with Crippen LogP contribution in [0.4, 0.5) is 0 Å². The van der Waals surface area contributed by atoms with Crippen LogP contribution in [-0.4, -0.2) is 68.6 Å². The number of carbonyl (C=O) groups is 2. The van der Waals surface area contributed by atoms with Crippen molar-refractivity contribution in [2.75, 3.05) is 6.61 Å². The summed E-state index contributed by atoms with van der Waals surface area (Å²) in [5.74, 6) is -1.93. The van der Waals surface area contributed by atoms with Gasteiger partial charge in [0.2, 0.25) is 0 Å². The van der Waals surface area contributed by atoms with Gasteiger partial charge in [-0.3, -0.25) is 4.79 Å². The van der Waals surface area contributed by atoms with Gasteiger partial charge in [0.15, 0.2) is 5.78 Å². The van der Waals surface area contributed by atoms with Gasteiger partial charge < -0.3 is 30.3 Å². The topological polar surface area (TPSA) is 135 Å². The minimum atomic E-state index is -1.99. The molecule has 0 spiro atoms. The average Bonchev–Trinajstić information content (AvgIpc) is 2.69. The van der Waals surface area contributed by atoms with Gasteiger partial charge in [-0.2, -0.15) is 0 Å². The molecule has 0 radical (unpaired) electrons. The first-order chi connectivity index (χ1) is 12.9. The molecule has 160 valence electrons. The van der Waals surface area contributed by atoms with Crippen LogP contribution in [-0.2, 0) is 9.59 Å². The molecule has 0 saturated carbocycles. The van der Waals surface area contributed by atoms with Crippen LogP contribution in [0.2, 0.25) is 0 Å². The number of aliphatic hydroxyl groups excluding tert-OH is 5. The molecule has 0 rings (SSSR count). The number of hydrogen-bond acceptors (Lipinski definition) is 7. The Morgan fingerprint density at radius 2 is 1.30 bits per heavy atom. The van der Waals surface area contributed by atoms with Crippen LogP contribution in [0, 0.1) is 5.92 Å². The highest BCUT2D eigenvalue weighted by Crippen LogP contribution is 2.17. The molecule has 0 aliphatic heterocycles. The Kier molecular flexibility index (Phi) is 15.6. The van der Waals surface area contributed by atoms with Gasteiger partial charge in [0.05, 0.1) is 12.5 Å². The van der Waals surface area contributed by atoms with E-state index in [4.69, 9.17) is 5.11 Å². The monoisotopic (exact) mass is 390 g/mol. The first-order valence-corrected chi connectivity index (χ1v) is 10.2. The smallest absolute Gasteiger partial charge is 0.174 e. The molecule has 0 saturated heterocycles. The number of aliphatic hydroxyl groups is 5. The lowest BCUT2D eigenvalue weighted by Gasteiger charge is -2.26. The molecule has 5 N–H and O–H groups in total. The minimum absolute atomic E-state index is 0.279. The second-order valence-electron chi connectivity index (χ2n) is 7.29. The number of carbonyl (C=O) groups excluding carboxylic acids is 2. The Bertz CT molecular complexity index is 389. The highest BCUT2D eigenvalue weighted by atomic mass is 16.4. The van der Waals surface area contributed by atoms with Gasteiger partial charge in [0.1, 0.15) is 30.7 Å². The summed E-state index contributed by atoms with van der Waals surface area (Å²) in [6.07, 6.45) is 4.43. The van der Waals surface area contributed by atoms with E-state index in [2.05, 4.69) is 6.92 Å². The minimum Gasteiger partial charge on any atom is -0.394 e. The maximum atomic E-state index is 12.1. The van der Waals surface area contributed by atoms with E-state index in [0.717, 1.165) is 19.3 Å². The number of Topliss-reactive ketones (excluding diaryl/α,β-unsaturated/α-hetero) is 1. The van der Waals surface area contributed by atoms with Gasteiger partial charge in [-0.25, -0.2) is 0 Å². The van der Waals surface area contributed by atoms with Crippen molar-refractivity contribution in [1.29, 1.82) is 0 Å². The van der Waals surface area contributed by atoms with Crippen molar-refractivity contribution in [3.8, 4) is 0 Å². The van der Waals surface area contributed by atoms with Gasteiger partial charge in [-0.1, -0.05) is 71.1 Å². The van der Waals surface area contributed by atoms with E-state index in [1.807, 2.05) is 0 Å². The first-order valence-electron chi connectivity index (χ1n) is 10.2. The highest BCUT2D eigenvalue weighted by molar-refractivity contribution is 5.96. The number of rotatable bonds is 18. The van der Waals surface area contributed by atoms with Crippen molar-refractivity contribution in [2.24, 2.45) is 5.92 Å². The third-order valence-electron chi connectivity index (χ3n) is 4.94. The third-order valence-corrected chi connectivity index (χ3v) is 4.94. The summed E-state index contributed by atoms with van der Waals surface area (Å²) in [4.78, 5) is 23.3. The largest absolute Gasteiger partial charge is 0.394 e. The van der Waals surface area contributed by atoms with E-state index in [1.165, 1.54) is 38.5 Å². The van der Waals surface area contributed by atoms with Crippen molar-refractivity contribution in [3.63, 3.8) is 0 Å².